The highest BCUT2D eigenvalue weighted by molar-refractivity contribution is 9.10. The Kier molecular flexibility index (Phi) is 2.71. The minimum absolute atomic E-state index is 0.233. The van der Waals surface area contributed by atoms with E-state index in [1.54, 1.807) is 7.11 Å². The van der Waals surface area contributed by atoms with Gasteiger partial charge in [0.05, 0.1) is 23.1 Å². The van der Waals surface area contributed by atoms with Crippen molar-refractivity contribution in [2.45, 2.75) is 32.1 Å². The fourth-order valence-electron chi connectivity index (χ4n) is 2.17. The van der Waals surface area contributed by atoms with E-state index in [1.165, 1.54) is 0 Å². The van der Waals surface area contributed by atoms with Gasteiger partial charge in [-0.3, -0.25) is 0 Å². The van der Waals surface area contributed by atoms with Crippen LogP contribution < -0.4 is 4.74 Å². The van der Waals surface area contributed by atoms with E-state index in [4.69, 9.17) is 4.74 Å². The second-order valence-corrected chi connectivity index (χ2v) is 5.20. The maximum absolute atomic E-state index is 9.25. The number of nitriles is 1. The van der Waals surface area contributed by atoms with Crippen LogP contribution in [0.1, 0.15) is 29.5 Å². The highest BCUT2D eigenvalue weighted by atomic mass is 79.9. The summed E-state index contributed by atoms with van der Waals surface area (Å²) in [6.45, 7) is 4.05. The number of ether oxygens (including phenoxy) is 1. The fraction of sp³-hybridized carbons (Fsp3) is 0.462. The van der Waals surface area contributed by atoms with Crippen molar-refractivity contribution in [3.8, 4) is 11.8 Å². The van der Waals surface area contributed by atoms with E-state index in [0.29, 0.717) is 0 Å². The van der Waals surface area contributed by atoms with Gasteiger partial charge in [0.25, 0.3) is 0 Å². The molecule has 1 aliphatic carbocycles. The zero-order valence-corrected chi connectivity index (χ0v) is 11.3. The molecule has 0 bridgehead atoms. The Morgan fingerprint density at radius 3 is 2.50 bits per heavy atom. The molecule has 0 atom stereocenters. The Labute approximate surface area is 104 Å². The van der Waals surface area contributed by atoms with Crippen molar-refractivity contribution in [2.75, 3.05) is 7.11 Å². The Balaban J connectivity index is 2.62. The Morgan fingerprint density at radius 1 is 1.44 bits per heavy atom. The molecule has 0 aromatic heterocycles. The Bertz CT molecular complexity index is 484. The molecule has 0 N–H and O–H groups in total. The van der Waals surface area contributed by atoms with Crippen LogP contribution >= 0.6 is 15.9 Å². The summed E-state index contributed by atoms with van der Waals surface area (Å²) in [5, 5.41) is 9.25. The van der Waals surface area contributed by atoms with Gasteiger partial charge >= 0.3 is 0 Å². The fourth-order valence-corrected chi connectivity index (χ4v) is 2.85. The SMILES string of the molecule is COc1c(C)cc(C2(C#N)CC2)c(C)c1Br. The second-order valence-electron chi connectivity index (χ2n) is 4.41. The molecule has 1 aromatic carbocycles. The molecule has 0 radical (unpaired) electrons. The summed E-state index contributed by atoms with van der Waals surface area (Å²) in [4.78, 5) is 0. The van der Waals surface area contributed by atoms with Crippen molar-refractivity contribution in [1.82, 2.24) is 0 Å². The Hall–Kier alpha value is -1.01. The number of methoxy groups -OCH3 is 1. The molecule has 0 saturated heterocycles. The van der Waals surface area contributed by atoms with E-state index in [-0.39, 0.29) is 5.41 Å². The number of rotatable bonds is 2. The smallest absolute Gasteiger partial charge is 0.136 e. The average Bonchev–Trinajstić information content (AvgIpc) is 3.05. The minimum atomic E-state index is -0.233. The monoisotopic (exact) mass is 279 g/mol. The van der Waals surface area contributed by atoms with Gasteiger partial charge in [-0.15, -0.1) is 0 Å². The summed E-state index contributed by atoms with van der Waals surface area (Å²) in [5.41, 5.74) is 3.13. The van der Waals surface area contributed by atoms with Gasteiger partial charge in [0, 0.05) is 0 Å². The van der Waals surface area contributed by atoms with Crippen LogP contribution in [0.15, 0.2) is 10.5 Å². The lowest BCUT2D eigenvalue weighted by molar-refractivity contribution is 0.408. The highest BCUT2D eigenvalue weighted by Gasteiger charge is 2.46. The van der Waals surface area contributed by atoms with Crippen molar-refractivity contribution in [1.29, 1.82) is 5.26 Å². The molecule has 0 unspecified atom stereocenters. The summed E-state index contributed by atoms with van der Waals surface area (Å²) in [6, 6.07) is 4.53. The van der Waals surface area contributed by atoms with E-state index >= 15 is 0 Å². The number of aryl methyl sites for hydroxylation is 1. The van der Waals surface area contributed by atoms with Crippen LogP contribution in [0.4, 0.5) is 0 Å². The molecule has 2 rings (SSSR count). The summed E-state index contributed by atoms with van der Waals surface area (Å²) < 4.78 is 6.33. The van der Waals surface area contributed by atoms with E-state index in [9.17, 15) is 5.26 Å². The quantitative estimate of drug-likeness (QED) is 0.828. The van der Waals surface area contributed by atoms with Gasteiger partial charge < -0.3 is 4.74 Å². The highest BCUT2D eigenvalue weighted by Crippen LogP contribution is 2.51. The van der Waals surface area contributed by atoms with Gasteiger partial charge in [-0.2, -0.15) is 5.26 Å². The first-order valence-corrected chi connectivity index (χ1v) is 6.10. The van der Waals surface area contributed by atoms with Crippen molar-refractivity contribution in [2.24, 2.45) is 0 Å². The van der Waals surface area contributed by atoms with Gasteiger partial charge in [0.15, 0.2) is 0 Å². The van der Waals surface area contributed by atoms with Crippen molar-refractivity contribution < 1.29 is 4.74 Å². The van der Waals surface area contributed by atoms with E-state index in [2.05, 4.69) is 28.1 Å². The standard InChI is InChI=1S/C13H14BrNO/c1-8-6-10(13(7-15)4-5-13)9(2)11(14)12(8)16-3/h6H,4-5H2,1-3H3. The third kappa shape index (κ3) is 1.53. The molecule has 16 heavy (non-hydrogen) atoms. The van der Waals surface area contributed by atoms with Crippen LogP contribution in [-0.2, 0) is 5.41 Å². The molecule has 1 fully saturated rings. The number of hydrogen-bond acceptors (Lipinski definition) is 2. The molecule has 2 nitrogen and oxygen atoms in total. The zero-order chi connectivity index (χ0) is 11.9. The van der Waals surface area contributed by atoms with Crippen molar-refractivity contribution in [3.05, 3.63) is 27.2 Å². The lowest BCUT2D eigenvalue weighted by Crippen LogP contribution is -2.07. The maximum atomic E-state index is 9.25. The molecule has 3 heteroatoms. The first-order valence-electron chi connectivity index (χ1n) is 5.31. The molecule has 1 aromatic rings. The largest absolute Gasteiger partial charge is 0.495 e. The number of benzene rings is 1. The van der Waals surface area contributed by atoms with Crippen LogP contribution in [0, 0.1) is 25.2 Å². The molecular formula is C13H14BrNO. The first kappa shape index (κ1) is 11.5. The van der Waals surface area contributed by atoms with Crippen LogP contribution in [0.5, 0.6) is 5.75 Å². The average molecular weight is 280 g/mol. The van der Waals surface area contributed by atoms with E-state index in [0.717, 1.165) is 39.8 Å². The second kappa shape index (κ2) is 3.78. The third-order valence-corrected chi connectivity index (χ3v) is 4.29. The van der Waals surface area contributed by atoms with E-state index < -0.39 is 0 Å². The van der Waals surface area contributed by atoms with Crippen LogP contribution in [-0.4, -0.2) is 7.11 Å². The van der Waals surface area contributed by atoms with Crippen molar-refractivity contribution in [3.63, 3.8) is 0 Å². The summed E-state index contributed by atoms with van der Waals surface area (Å²) in [7, 11) is 1.67. The summed E-state index contributed by atoms with van der Waals surface area (Å²) >= 11 is 3.56. The van der Waals surface area contributed by atoms with Crippen LogP contribution in [0.3, 0.4) is 0 Å². The normalized spacial score (nSPS) is 16.7. The van der Waals surface area contributed by atoms with Gasteiger partial charge in [0.2, 0.25) is 0 Å². The summed E-state index contributed by atoms with van der Waals surface area (Å²) in [6.07, 6.45) is 1.95. The molecule has 0 spiro atoms. The van der Waals surface area contributed by atoms with Gasteiger partial charge in [-0.1, -0.05) is 6.07 Å². The lowest BCUT2D eigenvalue weighted by Gasteiger charge is -2.17. The van der Waals surface area contributed by atoms with Crippen LogP contribution in [0.25, 0.3) is 0 Å². The molecular weight excluding hydrogens is 266 g/mol. The third-order valence-electron chi connectivity index (χ3n) is 3.34. The van der Waals surface area contributed by atoms with E-state index in [1.807, 2.05) is 13.8 Å². The molecule has 0 amide bonds. The number of hydrogen-bond donors (Lipinski definition) is 0. The summed E-state index contributed by atoms with van der Waals surface area (Å²) in [5.74, 6) is 0.870. The molecule has 0 heterocycles. The predicted octanol–water partition coefficient (Wildman–Crippen LogP) is 3.63. The molecule has 84 valence electrons. The van der Waals surface area contributed by atoms with Crippen LogP contribution in [0.2, 0.25) is 0 Å². The predicted molar refractivity (Wildman–Crippen MR) is 66.7 cm³/mol. The topological polar surface area (TPSA) is 33.0 Å². The van der Waals surface area contributed by atoms with Gasteiger partial charge in [-0.25, -0.2) is 0 Å². The molecule has 0 aliphatic heterocycles. The number of halogens is 1. The maximum Gasteiger partial charge on any atom is 0.136 e. The Morgan fingerprint density at radius 2 is 2.06 bits per heavy atom. The van der Waals surface area contributed by atoms with Gasteiger partial charge in [0.1, 0.15) is 5.75 Å². The minimum Gasteiger partial charge on any atom is -0.495 e. The number of nitrogens with zero attached hydrogens (tertiary/aromatic N) is 1. The van der Waals surface area contributed by atoms with Crippen molar-refractivity contribution >= 4 is 15.9 Å². The molecule has 1 saturated carbocycles. The molecule has 1 aliphatic rings. The lowest BCUT2D eigenvalue weighted by atomic mass is 9.91. The first-order chi connectivity index (χ1) is 7.55. The van der Waals surface area contributed by atoms with Gasteiger partial charge in [-0.05, 0) is 59.3 Å². The zero-order valence-electron chi connectivity index (χ0n) is 9.72.